The van der Waals surface area contributed by atoms with Crippen molar-refractivity contribution in [1.82, 2.24) is 9.78 Å². The second-order valence-electron chi connectivity index (χ2n) is 4.69. The van der Waals surface area contributed by atoms with E-state index in [0.717, 1.165) is 30.5 Å². The highest BCUT2D eigenvalue weighted by atomic mass is 16.1. The van der Waals surface area contributed by atoms with Crippen molar-refractivity contribution in [3.63, 3.8) is 0 Å². The Balaban J connectivity index is 2.33. The van der Waals surface area contributed by atoms with Crippen LogP contribution in [0.15, 0.2) is 0 Å². The Labute approximate surface area is 101 Å². The maximum absolute atomic E-state index is 11.0. The van der Waals surface area contributed by atoms with E-state index >= 15 is 0 Å². The van der Waals surface area contributed by atoms with Gasteiger partial charge in [0.25, 0.3) is 0 Å². The monoisotopic (exact) mass is 236 g/mol. The molecule has 17 heavy (non-hydrogen) atoms. The van der Waals surface area contributed by atoms with Crippen molar-refractivity contribution in [2.24, 2.45) is 5.73 Å². The van der Waals surface area contributed by atoms with Gasteiger partial charge < -0.3 is 11.5 Å². The summed E-state index contributed by atoms with van der Waals surface area (Å²) in [6, 6.07) is 0.405. The number of carbonyl (C=O) groups is 1. The zero-order valence-electron chi connectivity index (χ0n) is 10.3. The predicted molar refractivity (Wildman–Crippen MR) is 66.4 cm³/mol. The number of nitrogens with two attached hydrogens (primary N) is 2. The van der Waals surface area contributed by atoms with Gasteiger partial charge in [-0.3, -0.25) is 4.79 Å². The molecule has 5 heteroatoms. The summed E-state index contributed by atoms with van der Waals surface area (Å²) in [7, 11) is 0. The van der Waals surface area contributed by atoms with Crippen LogP contribution in [0.5, 0.6) is 0 Å². The van der Waals surface area contributed by atoms with Crippen LogP contribution in [-0.4, -0.2) is 15.7 Å². The molecule has 94 valence electrons. The van der Waals surface area contributed by atoms with E-state index in [1.54, 1.807) is 0 Å². The third kappa shape index (κ3) is 2.28. The highest BCUT2D eigenvalue weighted by Crippen LogP contribution is 2.32. The van der Waals surface area contributed by atoms with Gasteiger partial charge in [0.1, 0.15) is 5.82 Å². The number of rotatable bonds is 4. The SMILES string of the molecule is CCc1nn(C2CCCC2)c(N)c1CC(N)=O. The molecule has 5 nitrogen and oxygen atoms in total. The zero-order valence-corrected chi connectivity index (χ0v) is 10.3. The Bertz CT molecular complexity index is 418. The van der Waals surface area contributed by atoms with E-state index in [-0.39, 0.29) is 12.3 Å². The lowest BCUT2D eigenvalue weighted by Gasteiger charge is -2.11. The summed E-state index contributed by atoms with van der Waals surface area (Å²) in [5.41, 5.74) is 13.1. The predicted octanol–water partition coefficient (Wildman–Crippen LogP) is 1.17. The van der Waals surface area contributed by atoms with E-state index in [1.165, 1.54) is 12.8 Å². The van der Waals surface area contributed by atoms with Crippen LogP contribution in [-0.2, 0) is 17.6 Å². The minimum absolute atomic E-state index is 0.196. The van der Waals surface area contributed by atoms with E-state index in [4.69, 9.17) is 11.5 Å². The summed E-state index contributed by atoms with van der Waals surface area (Å²) in [5.74, 6) is 0.282. The Morgan fingerprint density at radius 1 is 1.47 bits per heavy atom. The number of hydrogen-bond acceptors (Lipinski definition) is 3. The number of aromatic nitrogens is 2. The van der Waals surface area contributed by atoms with Gasteiger partial charge in [-0.25, -0.2) is 4.68 Å². The normalized spacial score (nSPS) is 16.5. The quantitative estimate of drug-likeness (QED) is 0.822. The number of nitrogens with zero attached hydrogens (tertiary/aromatic N) is 2. The standard InChI is InChI=1S/C12H20N4O/c1-2-10-9(7-11(13)17)12(14)16(15-10)8-5-3-4-6-8/h8H,2-7,14H2,1H3,(H2,13,17). The van der Waals surface area contributed by atoms with Crippen LogP contribution >= 0.6 is 0 Å². The first-order chi connectivity index (χ1) is 8.13. The maximum Gasteiger partial charge on any atom is 0.222 e. The molecule has 4 N–H and O–H groups in total. The summed E-state index contributed by atoms with van der Waals surface area (Å²) in [5, 5.41) is 4.55. The average molecular weight is 236 g/mol. The van der Waals surface area contributed by atoms with Crippen LogP contribution in [0.1, 0.15) is 49.9 Å². The summed E-state index contributed by atoms with van der Waals surface area (Å²) in [6.45, 7) is 2.02. The number of nitrogen functional groups attached to an aromatic ring is 1. The van der Waals surface area contributed by atoms with Crippen molar-refractivity contribution >= 4 is 11.7 Å². The van der Waals surface area contributed by atoms with Gasteiger partial charge in [-0.2, -0.15) is 5.10 Å². The third-order valence-corrected chi connectivity index (χ3v) is 3.49. The second kappa shape index (κ2) is 4.77. The van der Waals surface area contributed by atoms with Crippen LogP contribution in [0.3, 0.4) is 0 Å². The molecule has 1 aliphatic carbocycles. The number of amides is 1. The number of hydrogen-bond donors (Lipinski definition) is 2. The van der Waals surface area contributed by atoms with Gasteiger partial charge in [0.05, 0.1) is 18.2 Å². The largest absolute Gasteiger partial charge is 0.384 e. The average Bonchev–Trinajstić information content (AvgIpc) is 2.88. The lowest BCUT2D eigenvalue weighted by molar-refractivity contribution is -0.117. The molecule has 1 aromatic heterocycles. The van der Waals surface area contributed by atoms with Gasteiger partial charge in [-0.05, 0) is 19.3 Å². The lowest BCUT2D eigenvalue weighted by Crippen LogP contribution is -2.16. The summed E-state index contributed by atoms with van der Waals surface area (Å²) in [4.78, 5) is 11.0. The van der Waals surface area contributed by atoms with Gasteiger partial charge in [0, 0.05) is 5.56 Å². The summed E-state index contributed by atoms with van der Waals surface area (Å²) >= 11 is 0. The molecule has 1 aromatic rings. The molecular weight excluding hydrogens is 216 g/mol. The van der Waals surface area contributed by atoms with Crippen LogP contribution in [0, 0.1) is 0 Å². The number of carbonyl (C=O) groups excluding carboxylic acids is 1. The topological polar surface area (TPSA) is 86.9 Å². The third-order valence-electron chi connectivity index (χ3n) is 3.49. The van der Waals surface area contributed by atoms with Gasteiger partial charge in [0.15, 0.2) is 0 Å². The molecule has 1 fully saturated rings. The van der Waals surface area contributed by atoms with E-state index in [9.17, 15) is 4.79 Å². The van der Waals surface area contributed by atoms with E-state index in [1.807, 2.05) is 11.6 Å². The molecule has 1 aliphatic rings. The highest BCUT2D eigenvalue weighted by Gasteiger charge is 2.23. The Morgan fingerprint density at radius 3 is 2.65 bits per heavy atom. The molecule has 0 saturated heterocycles. The minimum atomic E-state index is -0.350. The number of aryl methyl sites for hydroxylation is 1. The lowest BCUT2D eigenvalue weighted by atomic mass is 10.1. The molecule has 0 aromatic carbocycles. The van der Waals surface area contributed by atoms with Crippen molar-refractivity contribution in [3.05, 3.63) is 11.3 Å². The minimum Gasteiger partial charge on any atom is -0.384 e. The van der Waals surface area contributed by atoms with Gasteiger partial charge >= 0.3 is 0 Å². The Kier molecular flexibility index (Phi) is 3.36. The van der Waals surface area contributed by atoms with Crippen LogP contribution in [0.25, 0.3) is 0 Å². The molecule has 0 atom stereocenters. The Hall–Kier alpha value is -1.52. The number of anilines is 1. The molecule has 0 bridgehead atoms. The van der Waals surface area contributed by atoms with E-state index < -0.39 is 0 Å². The summed E-state index contributed by atoms with van der Waals surface area (Å²) < 4.78 is 1.91. The second-order valence-corrected chi connectivity index (χ2v) is 4.69. The van der Waals surface area contributed by atoms with Gasteiger partial charge in [0.2, 0.25) is 5.91 Å². The van der Waals surface area contributed by atoms with Crippen LogP contribution in [0.4, 0.5) is 5.82 Å². The first-order valence-corrected chi connectivity index (χ1v) is 6.27. The molecule has 0 radical (unpaired) electrons. The molecule has 0 spiro atoms. The maximum atomic E-state index is 11.0. The Morgan fingerprint density at radius 2 is 2.12 bits per heavy atom. The first kappa shape index (κ1) is 12.0. The van der Waals surface area contributed by atoms with E-state index in [0.29, 0.717) is 11.9 Å². The smallest absolute Gasteiger partial charge is 0.222 e. The van der Waals surface area contributed by atoms with Crippen molar-refractivity contribution in [3.8, 4) is 0 Å². The molecule has 1 amide bonds. The molecule has 0 unspecified atom stereocenters. The fourth-order valence-corrected chi connectivity index (χ4v) is 2.61. The van der Waals surface area contributed by atoms with Crippen molar-refractivity contribution in [1.29, 1.82) is 0 Å². The van der Waals surface area contributed by atoms with Crippen LogP contribution in [0.2, 0.25) is 0 Å². The van der Waals surface area contributed by atoms with Crippen molar-refractivity contribution in [2.75, 3.05) is 5.73 Å². The fourth-order valence-electron chi connectivity index (χ4n) is 2.61. The van der Waals surface area contributed by atoms with Gasteiger partial charge in [-0.1, -0.05) is 19.8 Å². The van der Waals surface area contributed by atoms with Crippen molar-refractivity contribution in [2.45, 2.75) is 51.5 Å². The summed E-state index contributed by atoms with van der Waals surface area (Å²) in [6.07, 6.45) is 5.71. The molecule has 1 saturated carbocycles. The highest BCUT2D eigenvalue weighted by molar-refractivity contribution is 5.78. The van der Waals surface area contributed by atoms with Crippen molar-refractivity contribution < 1.29 is 4.79 Å². The van der Waals surface area contributed by atoms with Crippen LogP contribution < -0.4 is 11.5 Å². The fraction of sp³-hybridized carbons (Fsp3) is 0.667. The zero-order chi connectivity index (χ0) is 12.4. The molecule has 1 heterocycles. The molecular formula is C12H20N4O. The number of primary amides is 1. The molecule has 2 rings (SSSR count). The van der Waals surface area contributed by atoms with Gasteiger partial charge in [-0.15, -0.1) is 0 Å². The first-order valence-electron chi connectivity index (χ1n) is 6.27. The molecule has 0 aliphatic heterocycles. The van der Waals surface area contributed by atoms with E-state index in [2.05, 4.69) is 5.10 Å².